The van der Waals surface area contributed by atoms with E-state index in [4.69, 9.17) is 14.6 Å². The number of ether oxygens (including phenoxy) is 2. The average Bonchev–Trinajstić information content (AvgIpc) is 2.33. The van der Waals surface area contributed by atoms with Crippen LogP contribution >= 0.6 is 0 Å². The summed E-state index contributed by atoms with van der Waals surface area (Å²) < 4.78 is 10.7. The molecule has 0 bridgehead atoms. The van der Waals surface area contributed by atoms with Crippen molar-refractivity contribution in [3.05, 3.63) is 29.3 Å². The maximum absolute atomic E-state index is 10.9. The zero-order chi connectivity index (χ0) is 13.5. The lowest BCUT2D eigenvalue weighted by atomic mass is 10.1. The molecule has 4 heteroatoms. The first-order valence-electron chi connectivity index (χ1n) is 6.09. The van der Waals surface area contributed by atoms with Crippen molar-refractivity contribution in [1.82, 2.24) is 0 Å². The molecule has 0 aliphatic carbocycles. The molecular weight excluding hydrogens is 232 g/mol. The van der Waals surface area contributed by atoms with E-state index in [1.807, 2.05) is 32.0 Å². The van der Waals surface area contributed by atoms with Crippen molar-refractivity contribution in [2.75, 3.05) is 13.2 Å². The van der Waals surface area contributed by atoms with E-state index >= 15 is 0 Å². The summed E-state index contributed by atoms with van der Waals surface area (Å²) >= 11 is 0. The van der Waals surface area contributed by atoms with Gasteiger partial charge in [0, 0.05) is 13.0 Å². The molecule has 0 aromatic heterocycles. The minimum absolute atomic E-state index is 0.335. The van der Waals surface area contributed by atoms with E-state index < -0.39 is 12.1 Å². The Labute approximate surface area is 108 Å². The standard InChI is InChI=1S/C14H20O4/c1-4-17-13(14(15)16)8-9-18-12-7-5-6-10(2)11(12)3/h5-7,13H,4,8-9H2,1-3H3,(H,15,16). The van der Waals surface area contributed by atoms with Crippen LogP contribution < -0.4 is 4.74 Å². The minimum atomic E-state index is -0.943. The van der Waals surface area contributed by atoms with Crippen LogP contribution in [0.1, 0.15) is 24.5 Å². The van der Waals surface area contributed by atoms with E-state index in [2.05, 4.69) is 0 Å². The molecule has 0 saturated carbocycles. The second-order valence-electron chi connectivity index (χ2n) is 4.12. The van der Waals surface area contributed by atoms with Crippen LogP contribution in [0.25, 0.3) is 0 Å². The second-order valence-corrected chi connectivity index (χ2v) is 4.12. The number of aryl methyl sites for hydroxylation is 1. The Balaban J connectivity index is 2.50. The van der Waals surface area contributed by atoms with Gasteiger partial charge in [-0.15, -0.1) is 0 Å². The van der Waals surface area contributed by atoms with Gasteiger partial charge in [-0.1, -0.05) is 12.1 Å². The molecule has 1 rings (SSSR count). The Morgan fingerprint density at radius 1 is 1.39 bits per heavy atom. The number of carbonyl (C=O) groups is 1. The quantitative estimate of drug-likeness (QED) is 0.810. The fourth-order valence-corrected chi connectivity index (χ4v) is 1.64. The van der Waals surface area contributed by atoms with Crippen LogP contribution in [0.5, 0.6) is 5.75 Å². The normalized spacial score (nSPS) is 12.2. The molecule has 0 spiro atoms. The van der Waals surface area contributed by atoms with Crippen molar-refractivity contribution >= 4 is 5.97 Å². The van der Waals surface area contributed by atoms with Crippen LogP contribution in [0.4, 0.5) is 0 Å². The van der Waals surface area contributed by atoms with E-state index in [1.165, 1.54) is 0 Å². The van der Waals surface area contributed by atoms with Crippen LogP contribution in [0.2, 0.25) is 0 Å². The maximum atomic E-state index is 10.9. The van der Waals surface area contributed by atoms with Gasteiger partial charge in [-0.25, -0.2) is 4.79 Å². The Morgan fingerprint density at radius 2 is 2.11 bits per heavy atom. The van der Waals surface area contributed by atoms with Crippen LogP contribution in [0, 0.1) is 13.8 Å². The summed E-state index contributed by atoms with van der Waals surface area (Å²) in [6.45, 7) is 6.51. The van der Waals surface area contributed by atoms with Crippen molar-refractivity contribution < 1.29 is 19.4 Å². The molecule has 0 aliphatic rings. The SMILES string of the molecule is CCOC(CCOc1cccc(C)c1C)C(=O)O. The first-order chi connectivity index (χ1) is 8.56. The first kappa shape index (κ1) is 14.5. The lowest BCUT2D eigenvalue weighted by molar-refractivity contribution is -0.150. The predicted octanol–water partition coefficient (Wildman–Crippen LogP) is 2.56. The summed E-state index contributed by atoms with van der Waals surface area (Å²) in [5, 5.41) is 8.92. The lowest BCUT2D eigenvalue weighted by Gasteiger charge is -2.14. The van der Waals surface area contributed by atoms with Crippen molar-refractivity contribution in [1.29, 1.82) is 0 Å². The van der Waals surface area contributed by atoms with Crippen molar-refractivity contribution in [2.24, 2.45) is 0 Å². The predicted molar refractivity (Wildman–Crippen MR) is 69.1 cm³/mol. The molecule has 0 saturated heterocycles. The van der Waals surface area contributed by atoms with Crippen LogP contribution in [0.3, 0.4) is 0 Å². The van der Waals surface area contributed by atoms with Gasteiger partial charge in [-0.05, 0) is 38.0 Å². The van der Waals surface area contributed by atoms with E-state index in [0.29, 0.717) is 19.6 Å². The van der Waals surface area contributed by atoms with Crippen LogP contribution in [0.15, 0.2) is 18.2 Å². The van der Waals surface area contributed by atoms with E-state index in [0.717, 1.165) is 16.9 Å². The van der Waals surface area contributed by atoms with Gasteiger partial charge in [0.1, 0.15) is 5.75 Å². The third-order valence-electron chi connectivity index (χ3n) is 2.84. The number of hydrogen-bond donors (Lipinski definition) is 1. The van der Waals surface area contributed by atoms with Crippen LogP contribution in [-0.4, -0.2) is 30.4 Å². The molecule has 1 unspecified atom stereocenters. The van der Waals surface area contributed by atoms with Gasteiger partial charge in [-0.3, -0.25) is 0 Å². The Kier molecular flexibility index (Phi) is 5.65. The Hall–Kier alpha value is -1.55. The second kappa shape index (κ2) is 7.01. The number of benzene rings is 1. The average molecular weight is 252 g/mol. The fourth-order valence-electron chi connectivity index (χ4n) is 1.64. The smallest absolute Gasteiger partial charge is 0.332 e. The van der Waals surface area contributed by atoms with Gasteiger partial charge in [0.05, 0.1) is 6.61 Å². The molecule has 18 heavy (non-hydrogen) atoms. The Morgan fingerprint density at radius 3 is 2.72 bits per heavy atom. The third-order valence-corrected chi connectivity index (χ3v) is 2.84. The highest BCUT2D eigenvalue weighted by molar-refractivity contribution is 5.72. The van der Waals surface area contributed by atoms with Gasteiger partial charge >= 0.3 is 5.97 Å². The number of hydrogen-bond acceptors (Lipinski definition) is 3. The molecule has 1 aromatic carbocycles. The summed E-state index contributed by atoms with van der Waals surface area (Å²) in [6.07, 6.45) is -0.448. The molecule has 0 heterocycles. The molecule has 4 nitrogen and oxygen atoms in total. The highest BCUT2D eigenvalue weighted by Gasteiger charge is 2.17. The van der Waals surface area contributed by atoms with Gasteiger partial charge < -0.3 is 14.6 Å². The third kappa shape index (κ3) is 4.04. The monoisotopic (exact) mass is 252 g/mol. The van der Waals surface area contributed by atoms with E-state index in [-0.39, 0.29) is 0 Å². The summed E-state index contributed by atoms with van der Waals surface area (Å²) in [7, 11) is 0. The molecule has 0 fully saturated rings. The molecule has 1 atom stereocenters. The zero-order valence-electron chi connectivity index (χ0n) is 11.1. The molecule has 0 amide bonds. The summed E-state index contributed by atoms with van der Waals surface area (Å²) in [6, 6.07) is 5.83. The number of rotatable bonds is 7. The van der Waals surface area contributed by atoms with Gasteiger partial charge in [-0.2, -0.15) is 0 Å². The van der Waals surface area contributed by atoms with Gasteiger partial charge in [0.2, 0.25) is 0 Å². The topological polar surface area (TPSA) is 55.8 Å². The molecule has 1 N–H and O–H groups in total. The number of aliphatic carboxylic acids is 1. The zero-order valence-corrected chi connectivity index (χ0v) is 11.1. The lowest BCUT2D eigenvalue weighted by Crippen LogP contribution is -2.26. The Bertz CT molecular complexity index is 401. The van der Waals surface area contributed by atoms with Crippen LogP contribution in [-0.2, 0) is 9.53 Å². The van der Waals surface area contributed by atoms with Gasteiger partial charge in [0.25, 0.3) is 0 Å². The highest BCUT2D eigenvalue weighted by atomic mass is 16.5. The largest absolute Gasteiger partial charge is 0.493 e. The highest BCUT2D eigenvalue weighted by Crippen LogP contribution is 2.20. The molecule has 100 valence electrons. The van der Waals surface area contributed by atoms with Gasteiger partial charge in [0.15, 0.2) is 6.10 Å². The summed E-state index contributed by atoms with van der Waals surface area (Å²) in [5.74, 6) is -0.142. The van der Waals surface area contributed by atoms with Crippen molar-refractivity contribution in [3.63, 3.8) is 0 Å². The number of carboxylic acid groups (broad SMARTS) is 1. The first-order valence-corrected chi connectivity index (χ1v) is 6.09. The van der Waals surface area contributed by atoms with Crippen molar-refractivity contribution in [3.8, 4) is 5.75 Å². The van der Waals surface area contributed by atoms with E-state index in [9.17, 15) is 4.79 Å². The number of carboxylic acids is 1. The molecule has 0 radical (unpaired) electrons. The maximum Gasteiger partial charge on any atom is 0.332 e. The molecule has 1 aromatic rings. The minimum Gasteiger partial charge on any atom is -0.493 e. The summed E-state index contributed by atoms with van der Waals surface area (Å²) in [4.78, 5) is 10.9. The summed E-state index contributed by atoms with van der Waals surface area (Å²) in [5.41, 5.74) is 2.24. The fraction of sp³-hybridized carbons (Fsp3) is 0.500. The molecule has 0 aliphatic heterocycles. The van der Waals surface area contributed by atoms with E-state index in [1.54, 1.807) is 6.92 Å². The molecular formula is C14H20O4. The van der Waals surface area contributed by atoms with Crippen molar-refractivity contribution in [2.45, 2.75) is 33.3 Å².